The molecule has 0 atom stereocenters. The van der Waals surface area contributed by atoms with E-state index in [1.807, 2.05) is 0 Å². The summed E-state index contributed by atoms with van der Waals surface area (Å²) in [6.07, 6.45) is 3.21. The summed E-state index contributed by atoms with van der Waals surface area (Å²) in [7, 11) is 0. The molecule has 0 aliphatic heterocycles. The third kappa shape index (κ3) is 3.92. The first-order valence-corrected chi connectivity index (χ1v) is 6.45. The number of amides is 2. The number of hydrogen-bond donors (Lipinski definition) is 3. The van der Waals surface area contributed by atoms with Crippen molar-refractivity contribution in [2.24, 2.45) is 0 Å². The van der Waals surface area contributed by atoms with Gasteiger partial charge in [-0.15, -0.1) is 0 Å². The number of aliphatic hydroxyl groups excluding tert-OH is 1. The van der Waals surface area contributed by atoms with E-state index in [1.54, 1.807) is 17.0 Å². The molecule has 1 aliphatic carbocycles. The van der Waals surface area contributed by atoms with Crippen molar-refractivity contribution in [3.8, 4) is 0 Å². The van der Waals surface area contributed by atoms with E-state index in [-0.39, 0.29) is 25.1 Å². The molecule has 1 heterocycles. The van der Waals surface area contributed by atoms with E-state index in [9.17, 15) is 9.59 Å². The molecule has 7 nitrogen and oxygen atoms in total. The Bertz CT molecular complexity index is 485. The first-order chi connectivity index (χ1) is 9.60. The van der Waals surface area contributed by atoms with Crippen LogP contribution in [-0.4, -0.2) is 51.3 Å². The first kappa shape index (κ1) is 14.3. The van der Waals surface area contributed by atoms with Gasteiger partial charge < -0.3 is 20.4 Å². The molecule has 1 aliphatic rings. The number of nitrogens with zero attached hydrogens (tertiary/aromatic N) is 2. The number of carboxylic acids is 1. The van der Waals surface area contributed by atoms with E-state index < -0.39 is 5.97 Å². The number of carboxylic acid groups (broad SMARTS) is 1. The lowest BCUT2D eigenvalue weighted by Crippen LogP contribution is -2.38. The number of nitrogens with one attached hydrogen (secondary N) is 1. The number of carbonyl (C=O) groups excluding carboxylic acids is 1. The SMILES string of the molecule is O=C(O)Cc1ccc(NC(=O)N(CCO)C2CC2)cn1. The number of aliphatic carboxylic acids is 1. The van der Waals surface area contributed by atoms with Crippen LogP contribution in [0.3, 0.4) is 0 Å². The molecular formula is C13H17N3O4. The van der Waals surface area contributed by atoms with Gasteiger partial charge in [0.15, 0.2) is 0 Å². The molecule has 2 rings (SSSR count). The summed E-state index contributed by atoms with van der Waals surface area (Å²) >= 11 is 0. The number of urea groups is 1. The zero-order valence-corrected chi connectivity index (χ0v) is 11.0. The quantitative estimate of drug-likeness (QED) is 0.711. The summed E-state index contributed by atoms with van der Waals surface area (Å²) in [6, 6.07) is 3.13. The molecule has 3 N–H and O–H groups in total. The monoisotopic (exact) mass is 279 g/mol. The number of aliphatic hydroxyl groups is 1. The van der Waals surface area contributed by atoms with Crippen LogP contribution in [-0.2, 0) is 11.2 Å². The average Bonchev–Trinajstić information content (AvgIpc) is 3.22. The fraction of sp³-hybridized carbons (Fsp3) is 0.462. The van der Waals surface area contributed by atoms with Crippen LogP contribution in [0.5, 0.6) is 0 Å². The van der Waals surface area contributed by atoms with Crippen molar-refractivity contribution in [1.82, 2.24) is 9.88 Å². The Balaban J connectivity index is 1.94. The molecule has 0 bridgehead atoms. The minimum Gasteiger partial charge on any atom is -0.481 e. The molecule has 0 aromatic carbocycles. The van der Waals surface area contributed by atoms with Gasteiger partial charge in [0.05, 0.1) is 30.6 Å². The van der Waals surface area contributed by atoms with Crippen LogP contribution in [0, 0.1) is 0 Å². The van der Waals surface area contributed by atoms with Gasteiger partial charge in [0.25, 0.3) is 0 Å². The third-order valence-electron chi connectivity index (χ3n) is 3.00. The summed E-state index contributed by atoms with van der Waals surface area (Å²) in [5, 5.41) is 20.3. The summed E-state index contributed by atoms with van der Waals surface area (Å²) in [6.45, 7) is 0.237. The van der Waals surface area contributed by atoms with Gasteiger partial charge in [-0.3, -0.25) is 9.78 Å². The summed E-state index contributed by atoms with van der Waals surface area (Å²) < 4.78 is 0. The number of pyridine rings is 1. The van der Waals surface area contributed by atoms with E-state index >= 15 is 0 Å². The smallest absolute Gasteiger partial charge is 0.322 e. The zero-order chi connectivity index (χ0) is 14.5. The van der Waals surface area contributed by atoms with Crippen molar-refractivity contribution >= 4 is 17.7 Å². The van der Waals surface area contributed by atoms with Gasteiger partial charge in [-0.05, 0) is 25.0 Å². The molecular weight excluding hydrogens is 262 g/mol. The maximum atomic E-state index is 12.0. The number of rotatable bonds is 6. The highest BCUT2D eigenvalue weighted by Gasteiger charge is 2.32. The molecule has 0 unspecified atom stereocenters. The van der Waals surface area contributed by atoms with Gasteiger partial charge in [0.2, 0.25) is 0 Å². The largest absolute Gasteiger partial charge is 0.481 e. The van der Waals surface area contributed by atoms with Crippen molar-refractivity contribution in [2.45, 2.75) is 25.3 Å². The molecule has 108 valence electrons. The molecule has 0 saturated heterocycles. The van der Waals surface area contributed by atoms with Gasteiger partial charge in [-0.1, -0.05) is 0 Å². The van der Waals surface area contributed by atoms with Crippen molar-refractivity contribution in [3.05, 3.63) is 24.0 Å². The van der Waals surface area contributed by atoms with E-state index in [0.29, 0.717) is 17.9 Å². The second-order valence-corrected chi connectivity index (χ2v) is 4.69. The number of anilines is 1. The van der Waals surface area contributed by atoms with Crippen LogP contribution >= 0.6 is 0 Å². The fourth-order valence-electron chi connectivity index (χ4n) is 1.90. The summed E-state index contributed by atoms with van der Waals surface area (Å²) in [5.74, 6) is -0.947. The predicted molar refractivity (Wildman–Crippen MR) is 71.4 cm³/mol. The highest BCUT2D eigenvalue weighted by atomic mass is 16.4. The Kier molecular flexibility index (Phi) is 4.52. The number of hydrogen-bond acceptors (Lipinski definition) is 4. The standard InChI is InChI=1S/C13H17N3O4/c17-6-5-16(11-3-4-11)13(20)15-10-2-1-9(14-8-10)7-12(18)19/h1-2,8,11,17H,3-7H2,(H,15,20)(H,18,19). The Labute approximate surface area is 116 Å². The molecule has 7 heteroatoms. The molecule has 1 fully saturated rings. The summed E-state index contributed by atoms with van der Waals surface area (Å²) in [5.41, 5.74) is 0.942. The van der Waals surface area contributed by atoms with Crippen molar-refractivity contribution in [3.63, 3.8) is 0 Å². The van der Waals surface area contributed by atoms with Gasteiger partial charge in [-0.2, -0.15) is 0 Å². The lowest BCUT2D eigenvalue weighted by Gasteiger charge is -2.21. The van der Waals surface area contributed by atoms with E-state index in [1.165, 1.54) is 6.20 Å². The second kappa shape index (κ2) is 6.33. The Morgan fingerprint density at radius 1 is 1.40 bits per heavy atom. The van der Waals surface area contributed by atoms with Crippen LogP contribution in [0.2, 0.25) is 0 Å². The second-order valence-electron chi connectivity index (χ2n) is 4.69. The summed E-state index contributed by atoms with van der Waals surface area (Å²) in [4.78, 5) is 28.1. The Hall–Kier alpha value is -2.15. The molecule has 1 saturated carbocycles. The molecule has 0 spiro atoms. The average molecular weight is 279 g/mol. The number of aromatic nitrogens is 1. The minimum atomic E-state index is -0.947. The van der Waals surface area contributed by atoms with Gasteiger partial charge in [0.1, 0.15) is 0 Å². The molecule has 1 aromatic rings. The normalized spacial score (nSPS) is 13.8. The van der Waals surface area contributed by atoms with Gasteiger partial charge >= 0.3 is 12.0 Å². The van der Waals surface area contributed by atoms with Crippen LogP contribution in [0.15, 0.2) is 18.3 Å². The van der Waals surface area contributed by atoms with Crippen molar-refractivity contribution in [2.75, 3.05) is 18.5 Å². The molecule has 1 aromatic heterocycles. The predicted octanol–water partition coefficient (Wildman–Crippen LogP) is 0.697. The first-order valence-electron chi connectivity index (χ1n) is 6.45. The van der Waals surface area contributed by atoms with Crippen LogP contribution in [0.25, 0.3) is 0 Å². The van der Waals surface area contributed by atoms with Gasteiger partial charge in [0, 0.05) is 12.6 Å². The van der Waals surface area contributed by atoms with Crippen LogP contribution in [0.1, 0.15) is 18.5 Å². The van der Waals surface area contributed by atoms with E-state index in [0.717, 1.165) is 12.8 Å². The topological polar surface area (TPSA) is 103 Å². The lowest BCUT2D eigenvalue weighted by atomic mass is 10.2. The molecule has 20 heavy (non-hydrogen) atoms. The van der Waals surface area contributed by atoms with Crippen molar-refractivity contribution in [1.29, 1.82) is 0 Å². The highest BCUT2D eigenvalue weighted by Crippen LogP contribution is 2.27. The minimum absolute atomic E-state index is 0.0697. The molecule has 0 radical (unpaired) electrons. The Morgan fingerprint density at radius 3 is 2.65 bits per heavy atom. The third-order valence-corrected chi connectivity index (χ3v) is 3.00. The maximum absolute atomic E-state index is 12.0. The van der Waals surface area contributed by atoms with Crippen LogP contribution < -0.4 is 5.32 Å². The van der Waals surface area contributed by atoms with Gasteiger partial charge in [-0.25, -0.2) is 4.79 Å². The van der Waals surface area contributed by atoms with Crippen molar-refractivity contribution < 1.29 is 19.8 Å². The van der Waals surface area contributed by atoms with E-state index in [2.05, 4.69) is 10.3 Å². The fourth-order valence-corrected chi connectivity index (χ4v) is 1.90. The maximum Gasteiger partial charge on any atom is 0.322 e. The Morgan fingerprint density at radius 2 is 2.15 bits per heavy atom. The lowest BCUT2D eigenvalue weighted by molar-refractivity contribution is -0.136. The van der Waals surface area contributed by atoms with Crippen LogP contribution in [0.4, 0.5) is 10.5 Å². The van der Waals surface area contributed by atoms with E-state index in [4.69, 9.17) is 10.2 Å². The zero-order valence-electron chi connectivity index (χ0n) is 11.0. The number of carbonyl (C=O) groups is 2. The highest BCUT2D eigenvalue weighted by molar-refractivity contribution is 5.89. The molecule has 2 amide bonds.